The fourth-order valence-electron chi connectivity index (χ4n) is 2.97. The number of fused-ring (bicyclic) bond motifs is 1. The van der Waals surface area contributed by atoms with E-state index in [0.29, 0.717) is 28.3 Å². The molecule has 1 saturated carbocycles. The lowest BCUT2D eigenvalue weighted by Gasteiger charge is -2.09. The third-order valence-corrected chi connectivity index (χ3v) is 6.38. The minimum atomic E-state index is -0.420. The van der Waals surface area contributed by atoms with E-state index in [0.717, 1.165) is 10.1 Å². The van der Waals surface area contributed by atoms with Gasteiger partial charge in [-0.1, -0.05) is 36.0 Å². The van der Waals surface area contributed by atoms with Crippen LogP contribution < -0.4 is 4.74 Å². The highest BCUT2D eigenvalue weighted by molar-refractivity contribution is 7.19. The average Bonchev–Trinajstić information content (AvgIpc) is 3.18. The van der Waals surface area contributed by atoms with Gasteiger partial charge in [-0.3, -0.25) is 0 Å². The number of carbonyl (C=O) groups is 1. The Morgan fingerprint density at radius 3 is 2.70 bits per heavy atom. The molecular weight excluding hydrogens is 355 g/mol. The molecule has 0 aliphatic heterocycles. The van der Waals surface area contributed by atoms with Crippen LogP contribution in [0.15, 0.2) is 12.1 Å². The molecule has 3 rings (SSSR count). The second-order valence-corrected chi connectivity index (χ2v) is 7.48. The molecule has 0 atom stereocenters. The quantitative estimate of drug-likeness (QED) is 0.621. The zero-order valence-electron chi connectivity index (χ0n) is 12.9. The van der Waals surface area contributed by atoms with Gasteiger partial charge in [-0.15, -0.1) is 11.3 Å². The highest BCUT2D eigenvalue weighted by Crippen LogP contribution is 2.46. The third kappa shape index (κ3) is 3.59. The first kappa shape index (κ1) is 16.9. The second kappa shape index (κ2) is 7.29. The van der Waals surface area contributed by atoms with Gasteiger partial charge in [0.2, 0.25) is 0 Å². The van der Waals surface area contributed by atoms with Crippen LogP contribution >= 0.6 is 34.5 Å². The molecule has 2 aromatic rings. The topological polar surface area (TPSA) is 35.5 Å². The van der Waals surface area contributed by atoms with Gasteiger partial charge in [0.15, 0.2) is 6.61 Å². The van der Waals surface area contributed by atoms with Gasteiger partial charge in [0.05, 0.1) is 16.3 Å². The number of thiophene rings is 1. The van der Waals surface area contributed by atoms with E-state index in [1.165, 1.54) is 30.6 Å². The number of ether oxygens (including phenoxy) is 2. The van der Waals surface area contributed by atoms with Crippen molar-refractivity contribution in [2.24, 2.45) is 0 Å². The van der Waals surface area contributed by atoms with Crippen molar-refractivity contribution >= 4 is 50.6 Å². The Morgan fingerprint density at radius 2 is 2.00 bits per heavy atom. The summed E-state index contributed by atoms with van der Waals surface area (Å²) in [4.78, 5) is 12.8. The summed E-state index contributed by atoms with van der Waals surface area (Å²) in [5, 5.41) is 1.87. The minimum Gasteiger partial charge on any atom is -0.480 e. The maximum Gasteiger partial charge on any atom is 0.344 e. The summed E-state index contributed by atoms with van der Waals surface area (Å²) in [5.41, 5.74) is 0. The Labute approximate surface area is 149 Å². The monoisotopic (exact) mass is 372 g/mol. The molecule has 0 unspecified atom stereocenters. The summed E-state index contributed by atoms with van der Waals surface area (Å²) < 4.78 is 11.3. The van der Waals surface area contributed by atoms with E-state index in [2.05, 4.69) is 6.07 Å². The lowest BCUT2D eigenvalue weighted by Crippen LogP contribution is -2.14. The molecule has 0 saturated heterocycles. The average molecular weight is 373 g/mol. The maximum absolute atomic E-state index is 11.4. The lowest BCUT2D eigenvalue weighted by molar-refractivity contribution is -0.145. The van der Waals surface area contributed by atoms with Gasteiger partial charge in [0, 0.05) is 4.88 Å². The number of esters is 1. The summed E-state index contributed by atoms with van der Waals surface area (Å²) in [6.07, 6.45) is 5.07. The van der Waals surface area contributed by atoms with Crippen LogP contribution in [-0.4, -0.2) is 19.2 Å². The number of hydrogen-bond acceptors (Lipinski definition) is 4. The van der Waals surface area contributed by atoms with Crippen molar-refractivity contribution < 1.29 is 14.3 Å². The van der Waals surface area contributed by atoms with E-state index in [9.17, 15) is 4.79 Å². The van der Waals surface area contributed by atoms with Crippen molar-refractivity contribution in [1.29, 1.82) is 0 Å². The molecule has 0 amide bonds. The number of hydrogen-bond donors (Lipinski definition) is 0. The van der Waals surface area contributed by atoms with Crippen LogP contribution in [0.3, 0.4) is 0 Å². The summed E-state index contributed by atoms with van der Waals surface area (Å²) in [7, 11) is 0. The van der Waals surface area contributed by atoms with Crippen LogP contribution in [0.5, 0.6) is 5.75 Å². The summed E-state index contributed by atoms with van der Waals surface area (Å²) >= 11 is 14.4. The van der Waals surface area contributed by atoms with Crippen molar-refractivity contribution in [3.8, 4) is 5.75 Å². The third-order valence-electron chi connectivity index (χ3n) is 4.08. The van der Waals surface area contributed by atoms with Crippen molar-refractivity contribution in [3.05, 3.63) is 27.1 Å². The first-order valence-corrected chi connectivity index (χ1v) is 9.37. The van der Waals surface area contributed by atoms with Crippen molar-refractivity contribution in [2.75, 3.05) is 13.2 Å². The molecule has 3 nitrogen and oxygen atoms in total. The summed E-state index contributed by atoms with van der Waals surface area (Å²) in [6, 6.07) is 4.03. The number of benzene rings is 1. The largest absolute Gasteiger partial charge is 0.480 e. The van der Waals surface area contributed by atoms with Crippen LogP contribution in [0.4, 0.5) is 0 Å². The number of carbonyl (C=O) groups excluding carboxylic acids is 1. The lowest BCUT2D eigenvalue weighted by atomic mass is 10.1. The molecule has 0 spiro atoms. The van der Waals surface area contributed by atoms with Gasteiger partial charge in [0.25, 0.3) is 0 Å². The molecule has 1 heterocycles. The van der Waals surface area contributed by atoms with Crippen LogP contribution in [0.25, 0.3) is 10.1 Å². The molecule has 124 valence electrons. The molecule has 1 fully saturated rings. The molecule has 23 heavy (non-hydrogen) atoms. The van der Waals surface area contributed by atoms with Gasteiger partial charge in [-0.2, -0.15) is 0 Å². The molecule has 0 bridgehead atoms. The molecule has 0 N–H and O–H groups in total. The van der Waals surface area contributed by atoms with E-state index in [4.69, 9.17) is 32.7 Å². The van der Waals surface area contributed by atoms with E-state index < -0.39 is 5.97 Å². The summed E-state index contributed by atoms with van der Waals surface area (Å²) in [5.74, 6) is 0.635. The molecule has 1 aliphatic rings. The zero-order valence-corrected chi connectivity index (χ0v) is 15.2. The van der Waals surface area contributed by atoms with E-state index in [-0.39, 0.29) is 6.61 Å². The minimum absolute atomic E-state index is 0.172. The number of rotatable bonds is 5. The van der Waals surface area contributed by atoms with Crippen molar-refractivity contribution in [1.82, 2.24) is 0 Å². The fraction of sp³-hybridized carbons (Fsp3) is 0.471. The summed E-state index contributed by atoms with van der Waals surface area (Å²) in [6.45, 7) is 1.91. The molecule has 0 radical (unpaired) electrons. The molecule has 6 heteroatoms. The molecule has 1 aromatic heterocycles. The van der Waals surface area contributed by atoms with E-state index >= 15 is 0 Å². The van der Waals surface area contributed by atoms with Gasteiger partial charge in [-0.25, -0.2) is 4.79 Å². The zero-order chi connectivity index (χ0) is 16.4. The molecular formula is C17H18Cl2O3S. The van der Waals surface area contributed by atoms with Crippen LogP contribution in [-0.2, 0) is 9.53 Å². The Hall–Kier alpha value is -0.970. The maximum atomic E-state index is 11.4. The van der Waals surface area contributed by atoms with Crippen LogP contribution in [0, 0.1) is 0 Å². The van der Waals surface area contributed by atoms with Gasteiger partial charge in [-0.05, 0) is 43.2 Å². The van der Waals surface area contributed by atoms with Crippen molar-refractivity contribution in [3.63, 3.8) is 0 Å². The smallest absolute Gasteiger partial charge is 0.344 e. The van der Waals surface area contributed by atoms with Gasteiger partial charge < -0.3 is 9.47 Å². The highest BCUT2D eigenvalue weighted by Gasteiger charge is 2.21. The Balaban J connectivity index is 1.87. The highest BCUT2D eigenvalue weighted by atomic mass is 35.5. The van der Waals surface area contributed by atoms with Crippen molar-refractivity contribution in [2.45, 2.75) is 38.5 Å². The second-order valence-electron chi connectivity index (χ2n) is 5.64. The Bertz CT molecular complexity index is 720. The standard InChI is InChI=1S/C17H18Cl2O3S/c1-2-21-14(20)9-22-12-7-11-8-13(10-5-3-4-6-10)23-17(11)16(19)15(12)18/h7-8,10H,2-6,9H2,1H3. The van der Waals surface area contributed by atoms with Crippen LogP contribution in [0.2, 0.25) is 10.0 Å². The fourth-order valence-corrected chi connectivity index (χ4v) is 4.80. The SMILES string of the molecule is CCOC(=O)COc1cc2cc(C3CCCC3)sc2c(Cl)c1Cl. The normalized spacial score (nSPS) is 15.3. The molecule has 1 aliphatic carbocycles. The first-order chi connectivity index (χ1) is 11.1. The molecule has 1 aromatic carbocycles. The number of halogens is 2. The Morgan fingerprint density at radius 1 is 1.26 bits per heavy atom. The van der Waals surface area contributed by atoms with Crippen LogP contribution in [0.1, 0.15) is 43.4 Å². The first-order valence-electron chi connectivity index (χ1n) is 7.80. The van der Waals surface area contributed by atoms with Gasteiger partial charge in [0.1, 0.15) is 10.8 Å². The predicted octanol–water partition coefficient (Wildman–Crippen LogP) is 5.81. The predicted molar refractivity (Wildman–Crippen MR) is 95.2 cm³/mol. The van der Waals surface area contributed by atoms with E-state index in [1.807, 2.05) is 6.07 Å². The van der Waals surface area contributed by atoms with E-state index in [1.54, 1.807) is 18.3 Å². The van der Waals surface area contributed by atoms with Gasteiger partial charge >= 0.3 is 5.97 Å². The Kier molecular flexibility index (Phi) is 5.34.